The molecule has 5 heteroatoms. The molecule has 2 rings (SSSR count). The van der Waals surface area contributed by atoms with Crippen LogP contribution in [0.4, 0.5) is 4.39 Å². The second-order valence-electron chi connectivity index (χ2n) is 5.44. The summed E-state index contributed by atoms with van der Waals surface area (Å²) >= 11 is 4.97. The largest absolute Gasteiger partial charge is 0.390 e. The monoisotopic (exact) mass is 282 g/mol. The van der Waals surface area contributed by atoms with E-state index in [1.54, 1.807) is 6.07 Å². The van der Waals surface area contributed by atoms with E-state index in [1.165, 1.54) is 12.1 Å². The third-order valence-electron chi connectivity index (χ3n) is 3.66. The van der Waals surface area contributed by atoms with E-state index in [-0.39, 0.29) is 10.8 Å². The first-order chi connectivity index (χ1) is 8.87. The van der Waals surface area contributed by atoms with Crippen LogP contribution in [0.3, 0.4) is 0 Å². The Morgan fingerprint density at radius 1 is 1.47 bits per heavy atom. The summed E-state index contributed by atoms with van der Waals surface area (Å²) < 4.78 is 13.2. The van der Waals surface area contributed by atoms with E-state index in [9.17, 15) is 9.50 Å². The van der Waals surface area contributed by atoms with Gasteiger partial charge in [-0.15, -0.1) is 0 Å². The predicted molar refractivity (Wildman–Crippen MR) is 77.4 cm³/mol. The van der Waals surface area contributed by atoms with E-state index in [0.29, 0.717) is 12.1 Å². The smallest absolute Gasteiger partial charge is 0.123 e. The number of hydrogen-bond donors (Lipinski definition) is 2. The number of benzene rings is 1. The third kappa shape index (κ3) is 3.72. The van der Waals surface area contributed by atoms with Crippen molar-refractivity contribution in [2.45, 2.75) is 31.9 Å². The number of likely N-dealkylation sites (tertiary alicyclic amines) is 1. The molecule has 1 heterocycles. The summed E-state index contributed by atoms with van der Waals surface area (Å²) in [5, 5.41) is 9.92. The fourth-order valence-corrected chi connectivity index (χ4v) is 2.54. The van der Waals surface area contributed by atoms with E-state index in [0.717, 1.165) is 31.5 Å². The van der Waals surface area contributed by atoms with Gasteiger partial charge in [0.25, 0.3) is 0 Å². The molecule has 0 unspecified atom stereocenters. The topological polar surface area (TPSA) is 49.5 Å². The Morgan fingerprint density at radius 3 is 2.68 bits per heavy atom. The van der Waals surface area contributed by atoms with Crippen molar-refractivity contribution in [2.24, 2.45) is 5.73 Å². The number of aliphatic hydroxyl groups is 1. The summed E-state index contributed by atoms with van der Waals surface area (Å²) in [5.41, 5.74) is 6.62. The number of nitrogens with zero attached hydrogens (tertiary/aromatic N) is 1. The van der Waals surface area contributed by atoms with Crippen molar-refractivity contribution in [1.29, 1.82) is 0 Å². The fourth-order valence-electron chi connectivity index (χ4n) is 2.35. The maximum Gasteiger partial charge on any atom is 0.123 e. The third-order valence-corrected chi connectivity index (χ3v) is 3.88. The number of nitrogens with two attached hydrogens (primary N) is 1. The van der Waals surface area contributed by atoms with Crippen LogP contribution in [0.1, 0.15) is 30.9 Å². The first-order valence-electron chi connectivity index (χ1n) is 6.40. The summed E-state index contributed by atoms with van der Waals surface area (Å²) in [6.45, 7) is 4.19. The molecule has 0 aromatic heterocycles. The molecule has 0 amide bonds. The lowest BCUT2D eigenvalue weighted by atomic mass is 9.93. The van der Waals surface area contributed by atoms with Crippen molar-refractivity contribution in [1.82, 2.24) is 4.90 Å². The summed E-state index contributed by atoms with van der Waals surface area (Å²) in [7, 11) is 0. The second-order valence-corrected chi connectivity index (χ2v) is 5.88. The molecule has 0 saturated carbocycles. The first kappa shape index (κ1) is 14.4. The van der Waals surface area contributed by atoms with Gasteiger partial charge in [0.2, 0.25) is 0 Å². The van der Waals surface area contributed by atoms with E-state index in [2.05, 4.69) is 4.90 Å². The minimum atomic E-state index is -0.564. The zero-order valence-corrected chi connectivity index (χ0v) is 11.8. The molecule has 0 radical (unpaired) electrons. The van der Waals surface area contributed by atoms with Crippen molar-refractivity contribution >= 4 is 17.2 Å². The van der Waals surface area contributed by atoms with Gasteiger partial charge in [0.1, 0.15) is 10.8 Å². The normalized spacial score (nSPS) is 19.3. The van der Waals surface area contributed by atoms with Crippen LogP contribution in [0.25, 0.3) is 0 Å². The molecule has 3 nitrogen and oxygen atoms in total. The minimum Gasteiger partial charge on any atom is -0.390 e. The molecule has 0 atom stereocenters. The van der Waals surface area contributed by atoms with Crippen molar-refractivity contribution in [3.05, 3.63) is 35.1 Å². The molecule has 1 fully saturated rings. The van der Waals surface area contributed by atoms with Crippen LogP contribution in [-0.2, 0) is 6.54 Å². The number of halogens is 1. The molecule has 0 bridgehead atoms. The Bertz CT molecular complexity index is 480. The fraction of sp³-hybridized carbons (Fsp3) is 0.500. The lowest BCUT2D eigenvalue weighted by Crippen LogP contribution is -2.42. The molecule has 1 aliphatic heterocycles. The maximum atomic E-state index is 13.2. The van der Waals surface area contributed by atoms with Crippen molar-refractivity contribution in [2.75, 3.05) is 13.1 Å². The second kappa shape index (κ2) is 5.53. The number of hydrogen-bond acceptors (Lipinski definition) is 3. The average Bonchev–Trinajstić information content (AvgIpc) is 2.33. The van der Waals surface area contributed by atoms with E-state index < -0.39 is 5.60 Å². The Hall–Kier alpha value is -1.04. The predicted octanol–water partition coefficient (Wildman–Crippen LogP) is 1.81. The molecule has 19 heavy (non-hydrogen) atoms. The summed E-state index contributed by atoms with van der Waals surface area (Å²) in [4.78, 5) is 2.45. The average molecular weight is 282 g/mol. The van der Waals surface area contributed by atoms with Gasteiger partial charge < -0.3 is 10.8 Å². The summed E-state index contributed by atoms with van der Waals surface area (Å²) in [6, 6.07) is 4.55. The Kier molecular flexibility index (Phi) is 4.18. The minimum absolute atomic E-state index is 0.221. The summed E-state index contributed by atoms with van der Waals surface area (Å²) in [6.07, 6.45) is 1.49. The van der Waals surface area contributed by atoms with Gasteiger partial charge >= 0.3 is 0 Å². The molecule has 104 valence electrons. The van der Waals surface area contributed by atoms with Gasteiger partial charge in [-0.3, -0.25) is 4.90 Å². The highest BCUT2D eigenvalue weighted by Crippen LogP contribution is 2.23. The summed E-state index contributed by atoms with van der Waals surface area (Å²) in [5.74, 6) is -0.326. The van der Waals surface area contributed by atoms with Crippen LogP contribution in [0.5, 0.6) is 0 Å². The maximum absolute atomic E-state index is 13.2. The Balaban J connectivity index is 2.10. The molecule has 0 aliphatic carbocycles. The molecular weight excluding hydrogens is 263 g/mol. The SMILES string of the molecule is CC1(O)CCN(Cc2ccc(F)cc2C(N)=S)CC1. The van der Waals surface area contributed by atoms with Crippen LogP contribution in [-0.4, -0.2) is 33.7 Å². The van der Waals surface area contributed by atoms with Crippen molar-refractivity contribution in [3.63, 3.8) is 0 Å². The zero-order valence-electron chi connectivity index (χ0n) is 11.0. The zero-order chi connectivity index (χ0) is 14.0. The van der Waals surface area contributed by atoms with Gasteiger partial charge in [0.05, 0.1) is 5.60 Å². The van der Waals surface area contributed by atoms with Crippen LogP contribution in [0.15, 0.2) is 18.2 Å². The molecule has 1 saturated heterocycles. The van der Waals surface area contributed by atoms with Gasteiger partial charge in [-0.2, -0.15) is 0 Å². The van der Waals surface area contributed by atoms with Gasteiger partial charge in [0.15, 0.2) is 0 Å². The molecule has 0 spiro atoms. The number of piperidine rings is 1. The van der Waals surface area contributed by atoms with Gasteiger partial charge in [-0.05, 0) is 37.5 Å². The molecule has 3 N–H and O–H groups in total. The highest BCUT2D eigenvalue weighted by molar-refractivity contribution is 7.80. The number of rotatable bonds is 3. The number of thiocarbonyl (C=S) groups is 1. The lowest BCUT2D eigenvalue weighted by Gasteiger charge is -2.36. The molecule has 1 aromatic rings. The Morgan fingerprint density at radius 2 is 2.11 bits per heavy atom. The van der Waals surface area contributed by atoms with Gasteiger partial charge in [-0.25, -0.2) is 4.39 Å². The van der Waals surface area contributed by atoms with E-state index >= 15 is 0 Å². The van der Waals surface area contributed by atoms with E-state index in [4.69, 9.17) is 18.0 Å². The molecular formula is C14H19FN2OS. The van der Waals surface area contributed by atoms with Crippen LogP contribution in [0, 0.1) is 5.82 Å². The highest BCUT2D eigenvalue weighted by atomic mass is 32.1. The van der Waals surface area contributed by atoms with Crippen LogP contribution in [0.2, 0.25) is 0 Å². The van der Waals surface area contributed by atoms with Crippen LogP contribution >= 0.6 is 12.2 Å². The molecule has 1 aliphatic rings. The Labute approximate surface area is 118 Å². The van der Waals surface area contributed by atoms with Gasteiger partial charge in [0, 0.05) is 25.2 Å². The first-order valence-corrected chi connectivity index (χ1v) is 6.81. The van der Waals surface area contributed by atoms with Crippen molar-refractivity contribution < 1.29 is 9.50 Å². The van der Waals surface area contributed by atoms with Crippen LogP contribution < -0.4 is 5.73 Å². The quantitative estimate of drug-likeness (QED) is 0.830. The lowest BCUT2D eigenvalue weighted by molar-refractivity contribution is -0.00730. The van der Waals surface area contributed by atoms with Crippen molar-refractivity contribution in [3.8, 4) is 0 Å². The highest BCUT2D eigenvalue weighted by Gasteiger charge is 2.27. The molecule has 1 aromatic carbocycles. The standard InChI is InChI=1S/C14H19FN2OS/c1-14(18)4-6-17(7-5-14)9-10-2-3-11(15)8-12(10)13(16)19/h2-3,8,18H,4-7,9H2,1H3,(H2,16,19). The van der Waals surface area contributed by atoms with Gasteiger partial charge in [-0.1, -0.05) is 18.3 Å². The van der Waals surface area contributed by atoms with E-state index in [1.807, 2.05) is 6.92 Å².